The molecule has 0 aliphatic heterocycles. The Balaban J connectivity index is 2.19. The van der Waals surface area contributed by atoms with E-state index in [0.717, 1.165) is 23.5 Å². The summed E-state index contributed by atoms with van der Waals surface area (Å²) in [5, 5.41) is 5.13. The Labute approximate surface area is 93.1 Å². The molecule has 0 atom stereocenters. The van der Waals surface area contributed by atoms with Crippen molar-refractivity contribution in [3.05, 3.63) is 28.7 Å². The smallest absolute Gasteiger partial charge is 0.157 e. The van der Waals surface area contributed by atoms with Crippen LogP contribution in [-0.4, -0.2) is 14.6 Å². The predicted octanol–water partition coefficient (Wildman–Crippen LogP) is 2.82. The number of hydrogen-bond donors (Lipinski definition) is 0. The molecule has 4 heteroatoms. The molecule has 78 valence electrons. The first kappa shape index (κ1) is 9.16. The van der Waals surface area contributed by atoms with Crippen molar-refractivity contribution in [1.29, 1.82) is 0 Å². The Morgan fingerprint density at radius 1 is 1.47 bits per heavy atom. The van der Waals surface area contributed by atoms with Crippen LogP contribution >= 0.6 is 11.6 Å². The third-order valence-electron chi connectivity index (χ3n) is 2.81. The van der Waals surface area contributed by atoms with Gasteiger partial charge in [0.2, 0.25) is 0 Å². The lowest BCUT2D eigenvalue weighted by Gasteiger charge is -1.99. The molecule has 1 aliphatic rings. The summed E-state index contributed by atoms with van der Waals surface area (Å²) in [5.74, 6) is 0.646. The number of aromatic nitrogens is 3. The molecule has 3 nitrogen and oxygen atoms in total. The zero-order chi connectivity index (χ0) is 10.4. The number of aryl methyl sites for hydroxylation is 1. The Kier molecular flexibility index (Phi) is 1.96. The fourth-order valence-corrected chi connectivity index (χ4v) is 2.01. The summed E-state index contributed by atoms with van der Waals surface area (Å²) in [7, 11) is 0. The van der Waals surface area contributed by atoms with E-state index in [2.05, 4.69) is 23.1 Å². The SMILES string of the molecule is CCc1cc(Cl)n2nc(C3CC3)cc2n1. The van der Waals surface area contributed by atoms with E-state index < -0.39 is 0 Å². The highest BCUT2D eigenvalue weighted by atomic mass is 35.5. The zero-order valence-electron chi connectivity index (χ0n) is 8.57. The van der Waals surface area contributed by atoms with Crippen molar-refractivity contribution < 1.29 is 0 Å². The summed E-state index contributed by atoms with van der Waals surface area (Å²) >= 11 is 6.14. The molecule has 0 spiro atoms. The number of fused-ring (bicyclic) bond motifs is 1. The molecule has 1 aliphatic carbocycles. The maximum atomic E-state index is 6.14. The van der Waals surface area contributed by atoms with Gasteiger partial charge in [0.05, 0.1) is 5.69 Å². The van der Waals surface area contributed by atoms with Gasteiger partial charge in [-0.2, -0.15) is 5.10 Å². The number of nitrogens with zero attached hydrogens (tertiary/aromatic N) is 3. The number of halogens is 1. The Morgan fingerprint density at radius 2 is 2.27 bits per heavy atom. The first-order chi connectivity index (χ1) is 7.28. The first-order valence-electron chi connectivity index (χ1n) is 5.33. The van der Waals surface area contributed by atoms with Crippen LogP contribution in [0.3, 0.4) is 0 Å². The summed E-state index contributed by atoms with van der Waals surface area (Å²) < 4.78 is 1.73. The van der Waals surface area contributed by atoms with Crippen molar-refractivity contribution in [3.8, 4) is 0 Å². The third kappa shape index (κ3) is 1.51. The molecule has 0 aromatic carbocycles. The van der Waals surface area contributed by atoms with Gasteiger partial charge in [-0.1, -0.05) is 18.5 Å². The topological polar surface area (TPSA) is 30.2 Å². The second kappa shape index (κ2) is 3.20. The van der Waals surface area contributed by atoms with Gasteiger partial charge in [-0.25, -0.2) is 9.50 Å². The highest BCUT2D eigenvalue weighted by Gasteiger charge is 2.26. The van der Waals surface area contributed by atoms with Crippen LogP contribution in [-0.2, 0) is 6.42 Å². The Morgan fingerprint density at radius 3 is 2.93 bits per heavy atom. The monoisotopic (exact) mass is 221 g/mol. The summed E-state index contributed by atoms with van der Waals surface area (Å²) in [5.41, 5.74) is 3.04. The van der Waals surface area contributed by atoms with E-state index in [4.69, 9.17) is 11.6 Å². The van der Waals surface area contributed by atoms with Gasteiger partial charge in [-0.05, 0) is 25.3 Å². The van der Waals surface area contributed by atoms with Gasteiger partial charge in [0, 0.05) is 17.7 Å². The van der Waals surface area contributed by atoms with Gasteiger partial charge in [0.25, 0.3) is 0 Å². The van der Waals surface area contributed by atoms with Crippen LogP contribution in [0.5, 0.6) is 0 Å². The predicted molar refractivity (Wildman–Crippen MR) is 59.4 cm³/mol. The van der Waals surface area contributed by atoms with E-state index in [1.54, 1.807) is 4.52 Å². The van der Waals surface area contributed by atoms with E-state index in [0.29, 0.717) is 11.1 Å². The molecule has 2 heterocycles. The molecule has 0 saturated heterocycles. The standard InChI is InChI=1S/C11H12ClN3/c1-2-8-5-10(12)15-11(13-8)6-9(14-15)7-3-4-7/h5-7H,2-4H2,1H3. The lowest BCUT2D eigenvalue weighted by molar-refractivity contribution is 0.870. The minimum atomic E-state index is 0.646. The Hall–Kier alpha value is -1.09. The second-order valence-electron chi connectivity index (χ2n) is 4.04. The molecule has 3 rings (SSSR count). The molecule has 2 aromatic rings. The highest BCUT2D eigenvalue weighted by Crippen LogP contribution is 2.39. The summed E-state index contributed by atoms with van der Waals surface area (Å²) in [6.07, 6.45) is 3.41. The summed E-state index contributed by atoms with van der Waals surface area (Å²) in [6.45, 7) is 2.08. The van der Waals surface area contributed by atoms with Crippen LogP contribution in [0.15, 0.2) is 12.1 Å². The Bertz CT molecular complexity index is 514. The van der Waals surface area contributed by atoms with Crippen LogP contribution in [0.2, 0.25) is 5.15 Å². The maximum Gasteiger partial charge on any atom is 0.157 e. The molecular formula is C11H12ClN3. The van der Waals surface area contributed by atoms with Gasteiger partial charge in [0.1, 0.15) is 5.15 Å². The van der Waals surface area contributed by atoms with Gasteiger partial charge >= 0.3 is 0 Å². The molecule has 0 N–H and O–H groups in total. The largest absolute Gasteiger partial charge is 0.233 e. The number of hydrogen-bond acceptors (Lipinski definition) is 2. The lowest BCUT2D eigenvalue weighted by Crippen LogP contribution is -1.96. The van der Waals surface area contributed by atoms with Crippen LogP contribution in [0.1, 0.15) is 37.1 Å². The van der Waals surface area contributed by atoms with Gasteiger partial charge in [-0.15, -0.1) is 0 Å². The molecule has 1 fully saturated rings. The summed E-state index contributed by atoms with van der Waals surface area (Å²) in [6, 6.07) is 3.95. The second-order valence-corrected chi connectivity index (χ2v) is 4.42. The van der Waals surface area contributed by atoms with Gasteiger partial charge in [0.15, 0.2) is 5.65 Å². The molecule has 0 unspecified atom stereocenters. The van der Waals surface area contributed by atoms with E-state index >= 15 is 0 Å². The normalized spacial score (nSPS) is 16.1. The minimum absolute atomic E-state index is 0.646. The highest BCUT2D eigenvalue weighted by molar-refractivity contribution is 6.29. The van der Waals surface area contributed by atoms with E-state index in [1.165, 1.54) is 12.8 Å². The maximum absolute atomic E-state index is 6.14. The average molecular weight is 222 g/mol. The quantitative estimate of drug-likeness (QED) is 0.730. The molecule has 0 amide bonds. The van der Waals surface area contributed by atoms with E-state index in [-0.39, 0.29) is 0 Å². The molecular weight excluding hydrogens is 210 g/mol. The van der Waals surface area contributed by atoms with Crippen molar-refractivity contribution >= 4 is 17.2 Å². The molecule has 1 saturated carbocycles. The lowest BCUT2D eigenvalue weighted by atomic mass is 10.3. The van der Waals surface area contributed by atoms with Crippen LogP contribution in [0.25, 0.3) is 5.65 Å². The first-order valence-corrected chi connectivity index (χ1v) is 5.71. The number of rotatable bonds is 2. The van der Waals surface area contributed by atoms with Crippen LogP contribution < -0.4 is 0 Å². The fourth-order valence-electron chi connectivity index (χ4n) is 1.76. The van der Waals surface area contributed by atoms with Crippen molar-refractivity contribution in [1.82, 2.24) is 14.6 Å². The average Bonchev–Trinajstić information content (AvgIpc) is 2.98. The van der Waals surface area contributed by atoms with Gasteiger partial charge < -0.3 is 0 Å². The third-order valence-corrected chi connectivity index (χ3v) is 3.08. The molecule has 15 heavy (non-hydrogen) atoms. The summed E-state index contributed by atoms with van der Waals surface area (Å²) in [4.78, 5) is 4.50. The van der Waals surface area contributed by atoms with Crippen molar-refractivity contribution in [2.45, 2.75) is 32.1 Å². The van der Waals surface area contributed by atoms with Gasteiger partial charge in [-0.3, -0.25) is 0 Å². The molecule has 0 radical (unpaired) electrons. The van der Waals surface area contributed by atoms with Crippen molar-refractivity contribution in [2.75, 3.05) is 0 Å². The van der Waals surface area contributed by atoms with Crippen LogP contribution in [0, 0.1) is 0 Å². The molecule has 2 aromatic heterocycles. The molecule has 0 bridgehead atoms. The zero-order valence-corrected chi connectivity index (χ0v) is 9.33. The van der Waals surface area contributed by atoms with Crippen molar-refractivity contribution in [2.24, 2.45) is 0 Å². The van der Waals surface area contributed by atoms with E-state index in [1.807, 2.05) is 6.07 Å². The van der Waals surface area contributed by atoms with Crippen LogP contribution in [0.4, 0.5) is 0 Å². The van der Waals surface area contributed by atoms with Crippen molar-refractivity contribution in [3.63, 3.8) is 0 Å². The van der Waals surface area contributed by atoms with E-state index in [9.17, 15) is 0 Å². The minimum Gasteiger partial charge on any atom is -0.233 e. The fraction of sp³-hybridized carbons (Fsp3) is 0.455.